The second-order valence-electron chi connectivity index (χ2n) is 7.76. The number of hydrogen-bond acceptors (Lipinski definition) is 6. The van der Waals surface area contributed by atoms with Crippen LogP contribution in [0.4, 0.5) is 20.4 Å². The van der Waals surface area contributed by atoms with Crippen molar-refractivity contribution in [2.75, 3.05) is 17.1 Å². The van der Waals surface area contributed by atoms with Gasteiger partial charge in [-0.2, -0.15) is 0 Å². The molecule has 1 heterocycles. The van der Waals surface area contributed by atoms with Crippen molar-refractivity contribution < 1.29 is 22.3 Å². The summed E-state index contributed by atoms with van der Waals surface area (Å²) in [7, 11) is -3.87. The summed E-state index contributed by atoms with van der Waals surface area (Å²) in [6.45, 7) is 0.0273. The molecule has 3 aromatic rings. The van der Waals surface area contributed by atoms with Crippen LogP contribution in [0.15, 0.2) is 36.5 Å². The second-order valence-corrected chi connectivity index (χ2v) is 9.72. The number of hydrogen-bond donors (Lipinski definition) is 3. The van der Waals surface area contributed by atoms with Gasteiger partial charge in [-0.05, 0) is 61.4 Å². The van der Waals surface area contributed by atoms with Gasteiger partial charge in [0.1, 0.15) is 5.82 Å². The topological polar surface area (TPSA) is 118 Å². The lowest BCUT2D eigenvalue weighted by Crippen LogP contribution is -2.32. The first-order chi connectivity index (χ1) is 14.8. The smallest absolute Gasteiger partial charge is 0.235 e. The number of aromatic nitrogens is 2. The molecule has 164 valence electrons. The molecule has 10 heteroatoms. The largest absolute Gasteiger partial charge is 0.396 e. The zero-order valence-corrected chi connectivity index (χ0v) is 17.4. The summed E-state index contributed by atoms with van der Waals surface area (Å²) in [5.74, 6) is -1.64. The van der Waals surface area contributed by atoms with Gasteiger partial charge in [-0.25, -0.2) is 27.2 Å². The Labute approximate surface area is 178 Å². The van der Waals surface area contributed by atoms with Gasteiger partial charge in [0.25, 0.3) is 0 Å². The molecule has 1 aliphatic carbocycles. The molecule has 31 heavy (non-hydrogen) atoms. The van der Waals surface area contributed by atoms with Crippen LogP contribution in [0.2, 0.25) is 0 Å². The summed E-state index contributed by atoms with van der Waals surface area (Å²) < 4.78 is 57.7. The van der Waals surface area contributed by atoms with Crippen LogP contribution in [-0.4, -0.2) is 35.3 Å². The molecule has 1 aliphatic rings. The Balaban J connectivity index is 1.66. The lowest BCUT2D eigenvalue weighted by molar-refractivity contribution is 0.191. The molecular weight excluding hydrogens is 426 g/mol. The average molecular weight is 448 g/mol. The summed E-state index contributed by atoms with van der Waals surface area (Å²) in [6, 6.07) is 6.69. The van der Waals surface area contributed by atoms with Crippen molar-refractivity contribution in [3.05, 3.63) is 48.2 Å². The van der Waals surface area contributed by atoms with Crippen molar-refractivity contribution in [2.24, 2.45) is 5.92 Å². The molecule has 0 aliphatic heterocycles. The summed E-state index contributed by atoms with van der Waals surface area (Å²) >= 11 is 0. The summed E-state index contributed by atoms with van der Waals surface area (Å²) in [6.07, 6.45) is 3.38. The zero-order valence-electron chi connectivity index (χ0n) is 16.6. The number of sulfonamides is 1. The van der Waals surface area contributed by atoms with Gasteiger partial charge in [-0.3, -0.25) is 4.72 Å². The van der Waals surface area contributed by atoms with E-state index >= 15 is 4.39 Å². The highest BCUT2D eigenvalue weighted by molar-refractivity contribution is 7.93. The molecule has 4 rings (SSSR count). The van der Waals surface area contributed by atoms with Gasteiger partial charge in [0.15, 0.2) is 5.82 Å². The van der Waals surface area contributed by atoms with Crippen LogP contribution in [0, 0.1) is 17.6 Å². The highest BCUT2D eigenvalue weighted by atomic mass is 32.2. The number of anilines is 2. The van der Waals surface area contributed by atoms with Gasteiger partial charge in [0, 0.05) is 18.2 Å². The minimum atomic E-state index is -3.87. The Kier molecular flexibility index (Phi) is 5.76. The van der Waals surface area contributed by atoms with Crippen molar-refractivity contribution in [3.63, 3.8) is 0 Å². The average Bonchev–Trinajstić information content (AvgIpc) is 2.76. The first-order valence-electron chi connectivity index (χ1n) is 9.91. The van der Waals surface area contributed by atoms with E-state index in [9.17, 15) is 17.9 Å². The van der Waals surface area contributed by atoms with Crippen molar-refractivity contribution in [3.8, 4) is 11.1 Å². The lowest BCUT2D eigenvalue weighted by atomic mass is 9.90. The predicted octanol–water partition coefficient (Wildman–Crippen LogP) is 3.45. The summed E-state index contributed by atoms with van der Waals surface area (Å²) in [4.78, 5) is 7.94. The number of rotatable bonds is 5. The normalized spacial score (nSPS) is 19.5. The van der Waals surface area contributed by atoms with E-state index in [0.717, 1.165) is 12.1 Å². The molecule has 1 saturated carbocycles. The minimum Gasteiger partial charge on any atom is -0.396 e. The van der Waals surface area contributed by atoms with E-state index in [1.54, 1.807) is 6.07 Å². The van der Waals surface area contributed by atoms with E-state index in [1.165, 1.54) is 18.3 Å². The number of nitrogens with zero attached hydrogens (tertiary/aromatic N) is 2. The van der Waals surface area contributed by atoms with Crippen LogP contribution in [0.1, 0.15) is 25.7 Å². The number of halogens is 2. The quantitative estimate of drug-likeness (QED) is 0.550. The van der Waals surface area contributed by atoms with E-state index in [4.69, 9.17) is 5.73 Å². The van der Waals surface area contributed by atoms with Gasteiger partial charge in [0.05, 0.1) is 22.0 Å². The van der Waals surface area contributed by atoms with Crippen molar-refractivity contribution in [1.82, 2.24) is 9.97 Å². The highest BCUT2D eigenvalue weighted by Crippen LogP contribution is 2.34. The van der Waals surface area contributed by atoms with Crippen LogP contribution >= 0.6 is 0 Å². The zero-order chi connectivity index (χ0) is 22.2. The first kappa shape index (κ1) is 21.4. The van der Waals surface area contributed by atoms with E-state index in [-0.39, 0.29) is 35.3 Å². The van der Waals surface area contributed by atoms with Crippen molar-refractivity contribution >= 4 is 32.6 Å². The third kappa shape index (κ3) is 4.31. The Hall–Kier alpha value is -2.85. The third-order valence-electron chi connectivity index (χ3n) is 5.72. The predicted molar refractivity (Wildman–Crippen MR) is 115 cm³/mol. The Morgan fingerprint density at radius 3 is 2.58 bits per heavy atom. The number of nitrogen functional groups attached to an aromatic ring is 1. The Morgan fingerprint density at radius 2 is 1.87 bits per heavy atom. The fraction of sp³-hybridized carbons (Fsp3) is 0.333. The molecule has 1 aromatic heterocycles. The van der Waals surface area contributed by atoms with E-state index in [1.807, 2.05) is 0 Å². The fourth-order valence-electron chi connectivity index (χ4n) is 3.96. The summed E-state index contributed by atoms with van der Waals surface area (Å²) in [5, 5.41) is 9.08. The number of aliphatic hydroxyl groups is 1. The first-order valence-corrected chi connectivity index (χ1v) is 11.5. The lowest BCUT2D eigenvalue weighted by Gasteiger charge is -2.27. The maximum absolute atomic E-state index is 15.2. The van der Waals surface area contributed by atoms with E-state index in [0.29, 0.717) is 36.6 Å². The molecule has 7 nitrogen and oxygen atoms in total. The SMILES string of the molecule is Nc1ncc2cc(-c3c(F)ccc(NS(=O)(=O)[C@H]4CC[C@H](CO)CC4)c3F)ccc2n1. The summed E-state index contributed by atoms with van der Waals surface area (Å²) in [5.41, 5.74) is 5.65. The van der Waals surface area contributed by atoms with Crippen LogP contribution in [0.3, 0.4) is 0 Å². The van der Waals surface area contributed by atoms with Crippen molar-refractivity contribution in [1.29, 1.82) is 0 Å². The molecule has 1 fully saturated rings. The monoisotopic (exact) mass is 448 g/mol. The number of fused-ring (bicyclic) bond motifs is 1. The second kappa shape index (κ2) is 8.35. The van der Waals surface area contributed by atoms with Crippen LogP contribution in [0.5, 0.6) is 0 Å². The third-order valence-corrected chi connectivity index (χ3v) is 7.57. The number of benzene rings is 2. The fourth-order valence-corrected chi connectivity index (χ4v) is 5.48. The molecule has 4 N–H and O–H groups in total. The maximum atomic E-state index is 15.2. The Bertz CT molecular complexity index is 1230. The molecule has 0 spiro atoms. The number of nitrogens with two attached hydrogens (primary N) is 1. The molecule has 0 atom stereocenters. The van der Waals surface area contributed by atoms with Crippen LogP contribution in [0.25, 0.3) is 22.0 Å². The van der Waals surface area contributed by atoms with Gasteiger partial charge in [-0.15, -0.1) is 0 Å². The van der Waals surface area contributed by atoms with Gasteiger partial charge in [-0.1, -0.05) is 6.07 Å². The molecule has 0 amide bonds. The van der Waals surface area contributed by atoms with E-state index < -0.39 is 26.9 Å². The molecule has 0 radical (unpaired) electrons. The molecule has 0 unspecified atom stereocenters. The molecule has 2 aromatic carbocycles. The van der Waals surface area contributed by atoms with E-state index in [2.05, 4.69) is 14.7 Å². The Morgan fingerprint density at radius 1 is 1.13 bits per heavy atom. The standard InChI is InChI=1S/C21H22F2N4O3S/c22-16-6-8-18(27-31(29,30)15-4-1-12(11-28)2-5-15)20(23)19(16)13-3-7-17-14(9-13)10-25-21(24)26-17/h3,6-10,12,15,27-28H,1-2,4-5,11H2,(H2,24,25,26)/t12-,15-. The molecule has 0 saturated heterocycles. The van der Waals surface area contributed by atoms with Crippen LogP contribution < -0.4 is 10.5 Å². The molecular formula is C21H22F2N4O3S. The highest BCUT2D eigenvalue weighted by Gasteiger charge is 2.31. The minimum absolute atomic E-state index is 0.0273. The maximum Gasteiger partial charge on any atom is 0.235 e. The van der Waals surface area contributed by atoms with Gasteiger partial charge < -0.3 is 10.8 Å². The van der Waals surface area contributed by atoms with Gasteiger partial charge >= 0.3 is 0 Å². The number of nitrogens with one attached hydrogen (secondary N) is 1. The van der Waals surface area contributed by atoms with Crippen molar-refractivity contribution in [2.45, 2.75) is 30.9 Å². The molecule has 0 bridgehead atoms. The van der Waals surface area contributed by atoms with Gasteiger partial charge in [0.2, 0.25) is 16.0 Å². The van der Waals surface area contributed by atoms with Crippen LogP contribution in [-0.2, 0) is 10.0 Å². The number of aliphatic hydroxyl groups excluding tert-OH is 1.